The van der Waals surface area contributed by atoms with E-state index in [2.05, 4.69) is 4.72 Å². The zero-order chi connectivity index (χ0) is 29.4. The largest absolute Gasteiger partial charge is 0.507 e. The molecule has 15 nitrogen and oxygen atoms in total. The second-order valence-corrected chi connectivity index (χ2v) is 12.4. The Bertz CT molecular complexity index is 1730. The number of non-ortho nitro benzene ring substituents is 1. The third-order valence-electron chi connectivity index (χ3n) is 6.22. The van der Waals surface area contributed by atoms with Gasteiger partial charge in [0.15, 0.2) is 0 Å². The van der Waals surface area contributed by atoms with Gasteiger partial charge in [0, 0.05) is 57.6 Å². The van der Waals surface area contributed by atoms with Crippen molar-refractivity contribution in [2.45, 2.75) is 9.79 Å². The molecule has 2 aromatic carbocycles. The molecule has 40 heavy (non-hydrogen) atoms. The van der Waals surface area contributed by atoms with Gasteiger partial charge >= 0.3 is 0 Å². The van der Waals surface area contributed by atoms with Crippen molar-refractivity contribution in [3.63, 3.8) is 0 Å². The van der Waals surface area contributed by atoms with Crippen LogP contribution in [0.2, 0.25) is 0 Å². The summed E-state index contributed by atoms with van der Waals surface area (Å²) >= 11 is 0. The summed E-state index contributed by atoms with van der Waals surface area (Å²) in [7, 11) is -6.70. The van der Waals surface area contributed by atoms with Crippen molar-refractivity contribution >= 4 is 43.2 Å². The Balaban J connectivity index is 1.44. The molecular formula is C23H24N6O9S2. The molecule has 0 saturated carbocycles. The maximum atomic E-state index is 13.0. The summed E-state index contributed by atoms with van der Waals surface area (Å²) in [4.78, 5) is 35.6. The average Bonchev–Trinajstić information content (AvgIpc) is 3.31. The number of sulfonamides is 2. The van der Waals surface area contributed by atoms with Crippen LogP contribution in [0, 0.1) is 10.1 Å². The zero-order valence-corrected chi connectivity index (χ0v) is 22.6. The van der Waals surface area contributed by atoms with Crippen molar-refractivity contribution in [2.24, 2.45) is 12.8 Å². The quantitative estimate of drug-likeness (QED) is 0.247. The first-order valence-corrected chi connectivity index (χ1v) is 14.5. The number of aryl methyl sites for hydroxylation is 1. The number of nitrogens with one attached hydrogen (secondary N) is 1. The smallest absolute Gasteiger partial charge is 0.270 e. The molecule has 3 aromatic rings. The summed E-state index contributed by atoms with van der Waals surface area (Å²) in [6, 6.07) is 9.07. The predicted molar refractivity (Wildman–Crippen MR) is 141 cm³/mol. The summed E-state index contributed by atoms with van der Waals surface area (Å²) in [6.07, 6.45) is 1.28. The summed E-state index contributed by atoms with van der Waals surface area (Å²) in [6.45, 7) is -0.0736. The van der Waals surface area contributed by atoms with Crippen LogP contribution in [0.25, 0.3) is 0 Å². The SMILES string of the molecule is Cn1cc(S(=O)(=O)N2CCN(C(=O)c3ccc(NS(=O)(=O)c4cccc([N+](=O)[O-])c4)cc3O)CC2)cc1C(N)=O. The fourth-order valence-electron chi connectivity index (χ4n) is 4.13. The first kappa shape index (κ1) is 28.5. The standard InChI is InChI=1S/C23H24N6O9S2/c1-26-14-18(13-20(26)22(24)31)40(37,38)28-9-7-27(8-10-28)23(32)19-6-5-15(11-21(19)30)25-39(35,36)17-4-2-3-16(12-17)29(33)34/h2-6,11-14,25,30H,7-10H2,1H3,(H2,24,31). The van der Waals surface area contributed by atoms with Crippen LogP contribution in [0.3, 0.4) is 0 Å². The Morgan fingerprint density at radius 2 is 1.68 bits per heavy atom. The second-order valence-electron chi connectivity index (χ2n) is 8.82. The van der Waals surface area contributed by atoms with E-state index in [4.69, 9.17) is 5.73 Å². The van der Waals surface area contributed by atoms with Gasteiger partial charge in [0.25, 0.3) is 27.5 Å². The molecule has 0 atom stereocenters. The highest BCUT2D eigenvalue weighted by Crippen LogP contribution is 2.27. The molecule has 17 heteroatoms. The van der Waals surface area contributed by atoms with Gasteiger partial charge in [-0.05, 0) is 24.3 Å². The number of aromatic hydroxyl groups is 1. The van der Waals surface area contributed by atoms with Crippen LogP contribution in [0.15, 0.2) is 64.5 Å². The number of carbonyl (C=O) groups excluding carboxylic acids is 2. The van der Waals surface area contributed by atoms with E-state index < -0.39 is 48.2 Å². The molecule has 1 aromatic heterocycles. The Kier molecular flexibility index (Phi) is 7.55. The fourth-order valence-corrected chi connectivity index (χ4v) is 6.71. The third kappa shape index (κ3) is 5.61. The van der Waals surface area contributed by atoms with E-state index in [1.165, 1.54) is 57.3 Å². The van der Waals surface area contributed by atoms with Gasteiger partial charge in [0.1, 0.15) is 16.3 Å². The van der Waals surface area contributed by atoms with E-state index in [0.717, 1.165) is 18.2 Å². The number of phenols is 1. The van der Waals surface area contributed by atoms with Gasteiger partial charge in [-0.1, -0.05) is 6.07 Å². The number of piperazine rings is 1. The molecule has 0 unspecified atom stereocenters. The molecule has 1 fully saturated rings. The molecule has 4 rings (SSSR count). The molecule has 1 aliphatic heterocycles. The molecule has 0 spiro atoms. The number of anilines is 1. The van der Waals surface area contributed by atoms with Crippen molar-refractivity contribution in [1.29, 1.82) is 0 Å². The topological polar surface area (TPSA) is 215 Å². The van der Waals surface area contributed by atoms with E-state index in [1.807, 2.05) is 0 Å². The van der Waals surface area contributed by atoms with Crippen molar-refractivity contribution in [1.82, 2.24) is 13.8 Å². The van der Waals surface area contributed by atoms with Crippen molar-refractivity contribution in [3.8, 4) is 5.75 Å². The maximum Gasteiger partial charge on any atom is 0.270 e. The van der Waals surface area contributed by atoms with E-state index in [0.29, 0.717) is 0 Å². The Morgan fingerprint density at radius 3 is 2.25 bits per heavy atom. The minimum Gasteiger partial charge on any atom is -0.507 e. The molecule has 0 radical (unpaired) electrons. The number of nitro groups is 1. The summed E-state index contributed by atoms with van der Waals surface area (Å²) in [5.41, 5.74) is 4.65. The number of nitro benzene ring substituents is 1. The van der Waals surface area contributed by atoms with Crippen LogP contribution in [0.4, 0.5) is 11.4 Å². The number of benzene rings is 2. The highest BCUT2D eigenvalue weighted by atomic mass is 32.2. The van der Waals surface area contributed by atoms with Crippen LogP contribution in [0.5, 0.6) is 5.75 Å². The number of amides is 2. The van der Waals surface area contributed by atoms with Crippen LogP contribution >= 0.6 is 0 Å². The maximum absolute atomic E-state index is 13.0. The highest BCUT2D eigenvalue weighted by molar-refractivity contribution is 7.92. The monoisotopic (exact) mass is 592 g/mol. The van der Waals surface area contributed by atoms with Crippen LogP contribution in [-0.4, -0.2) is 78.6 Å². The molecule has 0 aliphatic carbocycles. The van der Waals surface area contributed by atoms with Crippen molar-refractivity contribution in [3.05, 3.63) is 76.1 Å². The number of carbonyl (C=O) groups is 2. The van der Waals surface area contributed by atoms with Gasteiger partial charge in [-0.15, -0.1) is 0 Å². The number of rotatable bonds is 8. The lowest BCUT2D eigenvalue weighted by Crippen LogP contribution is -2.50. The Morgan fingerprint density at radius 1 is 1.00 bits per heavy atom. The van der Waals surface area contributed by atoms with Gasteiger partial charge in [-0.25, -0.2) is 16.8 Å². The lowest BCUT2D eigenvalue weighted by Gasteiger charge is -2.34. The second kappa shape index (κ2) is 10.6. The number of aromatic nitrogens is 1. The van der Waals surface area contributed by atoms with Gasteiger partial charge in [0.05, 0.1) is 21.1 Å². The first-order valence-electron chi connectivity index (χ1n) is 11.6. The summed E-state index contributed by atoms with van der Waals surface area (Å²) in [5.74, 6) is -1.90. The molecule has 1 aliphatic rings. The normalized spacial score (nSPS) is 14.6. The van der Waals surface area contributed by atoms with E-state index in [1.54, 1.807) is 0 Å². The third-order valence-corrected chi connectivity index (χ3v) is 9.46. The predicted octanol–water partition coefficient (Wildman–Crippen LogP) is 0.685. The molecule has 0 bridgehead atoms. The Hall–Kier alpha value is -4.48. The summed E-state index contributed by atoms with van der Waals surface area (Å²) < 4.78 is 56.0. The molecule has 2 amide bonds. The number of nitrogens with two attached hydrogens (primary N) is 1. The zero-order valence-electron chi connectivity index (χ0n) is 20.9. The van der Waals surface area contributed by atoms with Crippen LogP contribution in [0.1, 0.15) is 20.8 Å². The molecule has 1 saturated heterocycles. The molecular weight excluding hydrogens is 568 g/mol. The van der Waals surface area contributed by atoms with Gasteiger partial charge in [0.2, 0.25) is 10.0 Å². The number of hydrogen-bond donors (Lipinski definition) is 3. The van der Waals surface area contributed by atoms with Gasteiger partial charge < -0.3 is 20.3 Å². The fraction of sp³-hybridized carbons (Fsp3) is 0.217. The van der Waals surface area contributed by atoms with E-state index in [-0.39, 0.29) is 52.9 Å². The minimum atomic E-state index is -4.24. The van der Waals surface area contributed by atoms with E-state index in [9.17, 15) is 41.6 Å². The minimum absolute atomic E-state index is 0.00812. The van der Waals surface area contributed by atoms with Gasteiger partial charge in [-0.3, -0.25) is 24.4 Å². The van der Waals surface area contributed by atoms with Crippen LogP contribution < -0.4 is 10.5 Å². The van der Waals surface area contributed by atoms with Crippen molar-refractivity contribution < 1.29 is 36.5 Å². The highest BCUT2D eigenvalue weighted by Gasteiger charge is 2.32. The average molecular weight is 593 g/mol. The number of primary amides is 1. The van der Waals surface area contributed by atoms with Crippen molar-refractivity contribution in [2.75, 3.05) is 30.9 Å². The molecule has 2 heterocycles. The van der Waals surface area contributed by atoms with Gasteiger partial charge in [-0.2, -0.15) is 4.31 Å². The van der Waals surface area contributed by atoms with E-state index >= 15 is 0 Å². The lowest BCUT2D eigenvalue weighted by molar-refractivity contribution is -0.385. The molecule has 212 valence electrons. The number of nitrogens with zero attached hydrogens (tertiary/aromatic N) is 4. The van der Waals surface area contributed by atoms with Crippen LogP contribution in [-0.2, 0) is 27.1 Å². The number of phenolic OH excluding ortho intramolecular Hbond substituents is 1. The number of hydrogen-bond acceptors (Lipinski definition) is 9. The Labute approximate surface area is 228 Å². The lowest BCUT2D eigenvalue weighted by atomic mass is 10.1. The molecule has 4 N–H and O–H groups in total. The first-order chi connectivity index (χ1) is 18.7. The summed E-state index contributed by atoms with van der Waals surface area (Å²) in [5, 5.41) is 21.4.